The summed E-state index contributed by atoms with van der Waals surface area (Å²) < 4.78 is 0. The lowest BCUT2D eigenvalue weighted by molar-refractivity contribution is 1.07. The molecule has 0 spiro atoms. The van der Waals surface area contributed by atoms with E-state index in [9.17, 15) is 0 Å². The fourth-order valence-corrected chi connectivity index (χ4v) is 0. The molecule has 0 saturated carbocycles. The number of thiocarbonyl (C=S) groups is 1. The molecular formula is CH3N2S. The van der Waals surface area contributed by atoms with Crippen LogP contribution in [0.4, 0.5) is 0 Å². The summed E-state index contributed by atoms with van der Waals surface area (Å²) in [5.74, 6) is 4.56. The van der Waals surface area contributed by atoms with Gasteiger partial charge >= 0.3 is 0 Å². The Kier molecular flexibility index (Phi) is 2.74. The summed E-state index contributed by atoms with van der Waals surface area (Å²) in [5.41, 5.74) is 4.04. The second kappa shape index (κ2) is 2.85. The van der Waals surface area contributed by atoms with E-state index in [1.165, 1.54) is 0 Å². The molecule has 1 radical (unpaired) electrons. The van der Waals surface area contributed by atoms with E-state index < -0.39 is 0 Å². The lowest BCUT2D eigenvalue weighted by atomic mass is 11.5. The van der Waals surface area contributed by atoms with E-state index in [1.54, 1.807) is 0 Å². The standard InChI is InChI=1S/CH3N2S/c2-3-1-4/h2H2,(H,3,4). The summed E-state index contributed by atoms with van der Waals surface area (Å²) in [7, 11) is 0. The summed E-state index contributed by atoms with van der Waals surface area (Å²) in [4.78, 5) is 0. The van der Waals surface area contributed by atoms with E-state index in [0.29, 0.717) is 0 Å². The second-order valence-corrected chi connectivity index (χ2v) is 0.451. The van der Waals surface area contributed by atoms with Gasteiger partial charge in [-0.1, -0.05) is 12.2 Å². The van der Waals surface area contributed by atoms with Crippen LogP contribution < -0.4 is 11.3 Å². The van der Waals surface area contributed by atoms with Gasteiger partial charge < -0.3 is 5.43 Å². The fourth-order valence-electron chi connectivity index (χ4n) is 0. The van der Waals surface area contributed by atoms with Crippen molar-refractivity contribution in [2.75, 3.05) is 0 Å². The second-order valence-electron chi connectivity index (χ2n) is 0.246. The molecule has 0 heterocycles. The molecule has 0 aliphatic rings. The van der Waals surface area contributed by atoms with Gasteiger partial charge in [-0.2, -0.15) is 0 Å². The topological polar surface area (TPSA) is 38.0 Å². The summed E-state index contributed by atoms with van der Waals surface area (Å²) in [6.07, 6.45) is 0. The number of hydrogen-bond acceptors (Lipinski definition) is 2. The number of nitrogens with two attached hydrogens (primary N) is 1. The molecule has 2 nitrogen and oxygen atoms in total. The lowest BCUT2D eigenvalue weighted by Gasteiger charge is -1.67. The number of hydrazine groups is 1. The molecule has 0 fully saturated rings. The van der Waals surface area contributed by atoms with Crippen LogP contribution in [0.15, 0.2) is 0 Å². The minimum Gasteiger partial charge on any atom is -0.312 e. The van der Waals surface area contributed by atoms with Gasteiger partial charge in [0.2, 0.25) is 0 Å². The van der Waals surface area contributed by atoms with Gasteiger partial charge in [0.05, 0.1) is 0 Å². The van der Waals surface area contributed by atoms with Gasteiger partial charge in [0.25, 0.3) is 0 Å². The van der Waals surface area contributed by atoms with Crippen LogP contribution >= 0.6 is 12.2 Å². The van der Waals surface area contributed by atoms with Crippen LogP contribution in [-0.2, 0) is 0 Å². The van der Waals surface area contributed by atoms with Crippen LogP contribution in [0.2, 0.25) is 0 Å². The van der Waals surface area contributed by atoms with Crippen LogP contribution in [0.1, 0.15) is 0 Å². The average molecular weight is 75.1 g/mol. The highest BCUT2D eigenvalue weighted by Crippen LogP contribution is 1.24. The molecule has 23 valence electrons. The van der Waals surface area contributed by atoms with Gasteiger partial charge in [-0.15, -0.1) is 0 Å². The molecular weight excluding hydrogens is 72.1 g/mol. The Bertz CT molecular complexity index is 20.0. The summed E-state index contributed by atoms with van der Waals surface area (Å²) >= 11 is 4.07. The molecule has 0 aromatic rings. The third-order valence-electron chi connectivity index (χ3n) is 0.0589. The highest BCUT2D eigenvalue weighted by atomic mass is 32.1. The van der Waals surface area contributed by atoms with Gasteiger partial charge in [0.15, 0.2) is 0 Å². The Morgan fingerprint density at radius 2 is 2.25 bits per heavy atom. The van der Waals surface area contributed by atoms with Crippen molar-refractivity contribution < 1.29 is 0 Å². The summed E-state index contributed by atoms with van der Waals surface area (Å²) in [6.45, 7) is 0. The molecule has 0 aromatic carbocycles. The maximum atomic E-state index is 4.56. The molecule has 0 aliphatic carbocycles. The Labute approximate surface area is 30.0 Å². The van der Waals surface area contributed by atoms with Crippen LogP contribution in [0.25, 0.3) is 0 Å². The third-order valence-corrected chi connectivity index (χ3v) is 0.177. The van der Waals surface area contributed by atoms with E-state index >= 15 is 0 Å². The Morgan fingerprint density at radius 1 is 2.00 bits per heavy atom. The van der Waals surface area contributed by atoms with Gasteiger partial charge in [0.1, 0.15) is 5.49 Å². The minimum atomic E-state index is 2.00. The van der Waals surface area contributed by atoms with Crippen molar-refractivity contribution in [1.82, 2.24) is 5.43 Å². The predicted molar refractivity (Wildman–Crippen MR) is 19.9 cm³/mol. The SMILES string of the molecule is NN[C]=S. The van der Waals surface area contributed by atoms with Crippen molar-refractivity contribution in [3.05, 3.63) is 0 Å². The minimum absolute atomic E-state index is 2.00. The number of rotatable bonds is 1. The molecule has 0 saturated heterocycles. The van der Waals surface area contributed by atoms with Crippen LogP contribution in [0.3, 0.4) is 0 Å². The fraction of sp³-hybridized carbons (Fsp3) is 0. The first-order valence-electron chi connectivity index (χ1n) is 0.743. The Hall–Kier alpha value is -0.150. The molecule has 0 atom stereocenters. The monoisotopic (exact) mass is 75.0 g/mol. The van der Waals surface area contributed by atoms with E-state index in [1.807, 2.05) is 10.9 Å². The predicted octanol–water partition coefficient (Wildman–Crippen LogP) is -0.716. The van der Waals surface area contributed by atoms with Gasteiger partial charge in [-0.3, -0.25) is 0 Å². The van der Waals surface area contributed by atoms with E-state index in [4.69, 9.17) is 0 Å². The van der Waals surface area contributed by atoms with Crippen molar-refractivity contribution in [3.63, 3.8) is 0 Å². The van der Waals surface area contributed by atoms with Crippen molar-refractivity contribution in [3.8, 4) is 0 Å². The zero-order valence-corrected chi connectivity index (χ0v) is 2.80. The molecule has 0 unspecified atom stereocenters. The van der Waals surface area contributed by atoms with Gasteiger partial charge in [-0.25, -0.2) is 5.84 Å². The summed E-state index contributed by atoms with van der Waals surface area (Å²) in [5, 5.41) is 0. The Balaban J connectivity index is 2.30. The zero-order valence-electron chi connectivity index (χ0n) is 1.99. The van der Waals surface area contributed by atoms with Crippen molar-refractivity contribution >= 4 is 17.7 Å². The molecule has 0 aliphatic heterocycles. The van der Waals surface area contributed by atoms with Crippen LogP contribution in [0, 0.1) is 0 Å². The van der Waals surface area contributed by atoms with E-state index in [0.717, 1.165) is 0 Å². The van der Waals surface area contributed by atoms with Gasteiger partial charge in [-0.05, 0) is 0 Å². The number of hydrogen-bond donors (Lipinski definition) is 2. The van der Waals surface area contributed by atoms with E-state index in [2.05, 4.69) is 18.1 Å². The molecule has 3 N–H and O–H groups in total. The molecule has 0 bridgehead atoms. The normalized spacial score (nSPS) is 5.25. The molecule has 4 heavy (non-hydrogen) atoms. The third kappa shape index (κ3) is 1.85. The highest BCUT2D eigenvalue weighted by Gasteiger charge is 1.40. The largest absolute Gasteiger partial charge is 0.312 e. The first-order valence-corrected chi connectivity index (χ1v) is 1.15. The maximum absolute atomic E-state index is 4.56. The molecule has 0 aromatic heterocycles. The molecule has 0 rings (SSSR count). The average Bonchev–Trinajstić information content (AvgIpc) is 1.37. The van der Waals surface area contributed by atoms with Crippen molar-refractivity contribution in [2.45, 2.75) is 0 Å². The number of nitrogens with one attached hydrogen (secondary N) is 1. The van der Waals surface area contributed by atoms with Gasteiger partial charge in [0, 0.05) is 0 Å². The smallest absolute Gasteiger partial charge is 0.149 e. The van der Waals surface area contributed by atoms with Crippen LogP contribution in [-0.4, -0.2) is 5.49 Å². The first-order chi connectivity index (χ1) is 1.91. The molecule has 3 heteroatoms. The molecule has 0 amide bonds. The van der Waals surface area contributed by atoms with Crippen LogP contribution in [0.5, 0.6) is 0 Å². The maximum Gasteiger partial charge on any atom is 0.149 e. The first kappa shape index (κ1) is 3.85. The zero-order chi connectivity index (χ0) is 3.41. The van der Waals surface area contributed by atoms with Crippen molar-refractivity contribution in [2.24, 2.45) is 5.84 Å². The quantitative estimate of drug-likeness (QED) is 0.187. The lowest BCUT2D eigenvalue weighted by Crippen LogP contribution is -2.17. The highest BCUT2D eigenvalue weighted by molar-refractivity contribution is 7.78. The van der Waals surface area contributed by atoms with E-state index in [-0.39, 0.29) is 0 Å². The van der Waals surface area contributed by atoms with Crippen molar-refractivity contribution in [1.29, 1.82) is 0 Å². The summed E-state index contributed by atoms with van der Waals surface area (Å²) in [6, 6.07) is 0. The Morgan fingerprint density at radius 3 is 2.25 bits per heavy atom.